The van der Waals surface area contributed by atoms with Gasteiger partial charge >= 0.3 is 12.0 Å². The third-order valence-corrected chi connectivity index (χ3v) is 1.92. The van der Waals surface area contributed by atoms with Crippen molar-refractivity contribution in [1.82, 2.24) is 4.98 Å². The first-order valence-electron chi connectivity index (χ1n) is 4.34. The molecule has 11 heteroatoms. The number of alkyl halides is 3. The SMILES string of the molecule is COc1cc(OC(F)(F)F)nc(C(=O)Cl)c1[N+](=O)[O-]. The minimum absolute atomic E-state index is 0.523. The summed E-state index contributed by atoms with van der Waals surface area (Å²) in [5.74, 6) is -1.73. The Balaban J connectivity index is 3.45. The zero-order valence-corrected chi connectivity index (χ0v) is 9.78. The van der Waals surface area contributed by atoms with Crippen LogP contribution in [0.4, 0.5) is 18.9 Å². The Bertz CT molecular complexity index is 534. The van der Waals surface area contributed by atoms with E-state index in [0.29, 0.717) is 6.07 Å². The van der Waals surface area contributed by atoms with Gasteiger partial charge in [-0.1, -0.05) is 0 Å². The predicted octanol–water partition coefficient (Wildman–Crippen LogP) is 2.28. The molecular weight excluding hydrogens is 297 g/mol. The summed E-state index contributed by atoms with van der Waals surface area (Å²) in [7, 11) is 0.961. The summed E-state index contributed by atoms with van der Waals surface area (Å²) in [4.78, 5) is 23.7. The Hall–Kier alpha value is -2.10. The van der Waals surface area contributed by atoms with Gasteiger partial charge in [-0.05, 0) is 11.6 Å². The molecule has 0 unspecified atom stereocenters. The second kappa shape index (κ2) is 5.26. The number of ether oxygens (including phenoxy) is 2. The highest BCUT2D eigenvalue weighted by Crippen LogP contribution is 2.35. The van der Waals surface area contributed by atoms with E-state index in [1.54, 1.807) is 0 Å². The number of carbonyl (C=O) groups excluding carboxylic acids is 1. The van der Waals surface area contributed by atoms with E-state index in [4.69, 9.17) is 11.6 Å². The predicted molar refractivity (Wildman–Crippen MR) is 54.3 cm³/mol. The lowest BCUT2D eigenvalue weighted by molar-refractivity contribution is -0.386. The molecule has 0 fully saturated rings. The molecule has 1 aromatic heterocycles. The second-order valence-corrected chi connectivity index (χ2v) is 3.28. The minimum Gasteiger partial charge on any atom is -0.490 e. The van der Waals surface area contributed by atoms with Crippen molar-refractivity contribution in [3.05, 3.63) is 21.9 Å². The van der Waals surface area contributed by atoms with Crippen LogP contribution in [-0.2, 0) is 0 Å². The summed E-state index contributed by atoms with van der Waals surface area (Å²) in [5, 5.41) is 9.30. The molecule has 104 valence electrons. The molecule has 0 atom stereocenters. The van der Waals surface area contributed by atoms with Gasteiger partial charge in [0.2, 0.25) is 17.3 Å². The van der Waals surface area contributed by atoms with E-state index in [1.165, 1.54) is 0 Å². The van der Waals surface area contributed by atoms with E-state index in [0.717, 1.165) is 7.11 Å². The molecule has 0 aliphatic carbocycles. The van der Waals surface area contributed by atoms with Crippen molar-refractivity contribution >= 4 is 22.5 Å². The van der Waals surface area contributed by atoms with Gasteiger partial charge < -0.3 is 9.47 Å². The molecule has 1 rings (SSSR count). The maximum Gasteiger partial charge on any atom is 0.574 e. The molecule has 1 aromatic rings. The summed E-state index contributed by atoms with van der Waals surface area (Å²) in [6.07, 6.45) is -5.08. The van der Waals surface area contributed by atoms with Gasteiger partial charge in [0.25, 0.3) is 5.24 Å². The molecule has 0 saturated heterocycles. The highest BCUT2D eigenvalue weighted by molar-refractivity contribution is 6.68. The second-order valence-electron chi connectivity index (χ2n) is 2.94. The van der Waals surface area contributed by atoms with Crippen molar-refractivity contribution in [2.45, 2.75) is 6.36 Å². The van der Waals surface area contributed by atoms with E-state index in [1.807, 2.05) is 0 Å². The van der Waals surface area contributed by atoms with Crippen molar-refractivity contribution in [2.24, 2.45) is 0 Å². The molecule has 0 N–H and O–H groups in total. The lowest BCUT2D eigenvalue weighted by atomic mass is 10.3. The Kier molecular flexibility index (Phi) is 4.14. The quantitative estimate of drug-likeness (QED) is 0.481. The summed E-state index contributed by atoms with van der Waals surface area (Å²) in [6, 6.07) is 0.523. The van der Waals surface area contributed by atoms with Gasteiger partial charge in [-0.2, -0.15) is 0 Å². The number of hydrogen-bond donors (Lipinski definition) is 0. The summed E-state index contributed by atoms with van der Waals surface area (Å²) in [6.45, 7) is 0. The van der Waals surface area contributed by atoms with E-state index in [2.05, 4.69) is 14.5 Å². The first-order chi connectivity index (χ1) is 8.65. The number of nitrogens with zero attached hydrogens (tertiary/aromatic N) is 2. The number of hydrogen-bond acceptors (Lipinski definition) is 6. The molecule has 0 aromatic carbocycles. The fourth-order valence-electron chi connectivity index (χ4n) is 1.13. The van der Waals surface area contributed by atoms with Gasteiger partial charge in [0, 0.05) is 0 Å². The van der Waals surface area contributed by atoms with Crippen LogP contribution in [0.2, 0.25) is 0 Å². The van der Waals surface area contributed by atoms with Gasteiger partial charge in [0.15, 0.2) is 0 Å². The fraction of sp³-hybridized carbons (Fsp3) is 0.250. The third kappa shape index (κ3) is 3.68. The first-order valence-corrected chi connectivity index (χ1v) is 4.72. The summed E-state index contributed by atoms with van der Waals surface area (Å²) >= 11 is 5.03. The topological polar surface area (TPSA) is 91.6 Å². The van der Waals surface area contributed by atoms with Crippen molar-refractivity contribution < 1.29 is 32.4 Å². The number of aromatic nitrogens is 1. The number of nitro groups is 1. The summed E-state index contributed by atoms with van der Waals surface area (Å²) in [5.41, 5.74) is -1.96. The average molecular weight is 301 g/mol. The number of methoxy groups -OCH3 is 1. The van der Waals surface area contributed by atoms with Crippen LogP contribution in [0, 0.1) is 10.1 Å². The molecule has 0 amide bonds. The lowest BCUT2D eigenvalue weighted by Gasteiger charge is -2.10. The van der Waals surface area contributed by atoms with Crippen LogP contribution < -0.4 is 9.47 Å². The number of halogens is 4. The number of carbonyl (C=O) groups is 1. The molecule has 0 radical (unpaired) electrons. The smallest absolute Gasteiger partial charge is 0.490 e. The zero-order valence-electron chi connectivity index (χ0n) is 9.02. The van der Waals surface area contributed by atoms with Crippen LogP contribution in [0.3, 0.4) is 0 Å². The normalized spacial score (nSPS) is 11.0. The molecular formula is C8H4ClF3N2O5. The third-order valence-electron chi connectivity index (χ3n) is 1.74. The highest BCUT2D eigenvalue weighted by Gasteiger charge is 2.35. The summed E-state index contributed by atoms with van der Waals surface area (Å²) < 4.78 is 44.0. The van der Waals surface area contributed by atoms with Crippen LogP contribution in [0.1, 0.15) is 10.5 Å². The molecule has 0 spiro atoms. The molecule has 7 nitrogen and oxygen atoms in total. The highest BCUT2D eigenvalue weighted by atomic mass is 35.5. The number of rotatable bonds is 4. The van der Waals surface area contributed by atoms with Crippen molar-refractivity contribution in [1.29, 1.82) is 0 Å². The Morgan fingerprint density at radius 1 is 1.53 bits per heavy atom. The molecule has 1 heterocycles. The van der Waals surface area contributed by atoms with Crippen LogP contribution in [-0.4, -0.2) is 28.6 Å². The molecule has 19 heavy (non-hydrogen) atoms. The fourth-order valence-corrected chi connectivity index (χ4v) is 1.26. The largest absolute Gasteiger partial charge is 0.574 e. The van der Waals surface area contributed by atoms with E-state index < -0.39 is 39.5 Å². The van der Waals surface area contributed by atoms with Crippen molar-refractivity contribution in [3.63, 3.8) is 0 Å². The van der Waals surface area contributed by atoms with Gasteiger partial charge in [-0.3, -0.25) is 14.9 Å². The van der Waals surface area contributed by atoms with E-state index in [-0.39, 0.29) is 0 Å². The van der Waals surface area contributed by atoms with Gasteiger partial charge in [0.1, 0.15) is 0 Å². The molecule has 0 bridgehead atoms. The zero-order chi connectivity index (χ0) is 14.8. The lowest BCUT2D eigenvalue weighted by Crippen LogP contribution is -2.19. The van der Waals surface area contributed by atoms with Crippen molar-refractivity contribution in [2.75, 3.05) is 7.11 Å². The maximum absolute atomic E-state index is 12.0. The molecule has 0 aliphatic heterocycles. The van der Waals surface area contributed by atoms with Gasteiger partial charge in [-0.15, -0.1) is 13.2 Å². The maximum atomic E-state index is 12.0. The minimum atomic E-state index is -5.08. The average Bonchev–Trinajstić information content (AvgIpc) is 2.24. The Morgan fingerprint density at radius 2 is 2.11 bits per heavy atom. The molecule has 0 aliphatic rings. The Morgan fingerprint density at radius 3 is 2.47 bits per heavy atom. The van der Waals surface area contributed by atoms with Crippen LogP contribution in [0.25, 0.3) is 0 Å². The van der Waals surface area contributed by atoms with E-state index >= 15 is 0 Å². The number of pyridine rings is 1. The van der Waals surface area contributed by atoms with Crippen LogP contribution >= 0.6 is 11.6 Å². The first kappa shape index (κ1) is 15.0. The van der Waals surface area contributed by atoms with Gasteiger partial charge in [-0.25, -0.2) is 4.98 Å². The van der Waals surface area contributed by atoms with E-state index in [9.17, 15) is 28.1 Å². The van der Waals surface area contributed by atoms with Gasteiger partial charge in [0.05, 0.1) is 18.1 Å². The van der Waals surface area contributed by atoms with Crippen molar-refractivity contribution in [3.8, 4) is 11.6 Å². The molecule has 0 saturated carbocycles. The van der Waals surface area contributed by atoms with Crippen LogP contribution in [0.5, 0.6) is 11.6 Å². The monoisotopic (exact) mass is 300 g/mol. The standard InChI is InChI=1S/C8H4ClF3N2O5/c1-18-3-2-4(19-8(10,11)12)13-5(7(9)15)6(3)14(16)17/h2H,1H3. The Labute approximate surface area is 108 Å². The van der Waals surface area contributed by atoms with Crippen LogP contribution in [0.15, 0.2) is 6.07 Å².